The second kappa shape index (κ2) is 18.7. The Labute approximate surface area is 380 Å². The molecule has 0 spiro atoms. The van der Waals surface area contributed by atoms with E-state index in [2.05, 4.69) is 38.1 Å². The summed E-state index contributed by atoms with van der Waals surface area (Å²) < 4.78 is 73.5. The Hall–Kier alpha value is -6.43. The van der Waals surface area contributed by atoms with E-state index in [1.54, 1.807) is 30.3 Å². The first-order chi connectivity index (χ1) is 30.7. The molecule has 0 fully saturated rings. The topological polar surface area (TPSA) is 107 Å². The lowest BCUT2D eigenvalue weighted by Crippen LogP contribution is -2.18. The van der Waals surface area contributed by atoms with E-state index < -0.39 is 31.7 Å². The van der Waals surface area contributed by atoms with Crippen molar-refractivity contribution in [2.75, 3.05) is 0 Å². The molecule has 0 saturated heterocycles. The highest BCUT2D eigenvalue weighted by atomic mass is 32.2. The lowest BCUT2D eigenvalue weighted by atomic mass is 9.78. The van der Waals surface area contributed by atoms with Gasteiger partial charge < -0.3 is 9.47 Å². The minimum atomic E-state index is -4.47. The lowest BCUT2D eigenvalue weighted by Gasteiger charge is -2.26. The van der Waals surface area contributed by atoms with Crippen LogP contribution < -0.4 is 9.47 Å². The minimum Gasteiger partial charge on any atom is -0.457 e. The summed E-state index contributed by atoms with van der Waals surface area (Å²) in [6, 6.07) is 58.2. The Bertz CT molecular complexity index is 3050. The number of rotatable bonds is 14. The van der Waals surface area contributed by atoms with E-state index in [9.17, 15) is 21.4 Å². The van der Waals surface area contributed by atoms with Gasteiger partial charge in [-0.05, 0) is 151 Å². The summed E-state index contributed by atoms with van der Waals surface area (Å²) in [6.45, 7) is 8.30. The predicted molar refractivity (Wildman–Crippen MR) is 254 cm³/mol. The fourth-order valence-corrected chi connectivity index (χ4v) is 10.2. The Morgan fingerprint density at radius 1 is 0.469 bits per heavy atom. The molecule has 8 aromatic rings. The van der Waals surface area contributed by atoms with Crippen LogP contribution in [0, 0.1) is 13.8 Å². The fourth-order valence-electron chi connectivity index (χ4n) is 7.34. The smallest absolute Gasteiger partial charge is 0.295 e. The van der Waals surface area contributed by atoms with E-state index in [1.165, 1.54) is 6.07 Å². The van der Waals surface area contributed by atoms with Crippen LogP contribution in [0.5, 0.6) is 23.0 Å². The number of ether oxygens (including phenoxy) is 2. The van der Waals surface area contributed by atoms with Crippen LogP contribution in [-0.4, -0.2) is 21.4 Å². The van der Waals surface area contributed by atoms with E-state index in [0.717, 1.165) is 43.2 Å². The number of hydrogen-bond donors (Lipinski definition) is 1. The van der Waals surface area contributed by atoms with Crippen molar-refractivity contribution in [2.24, 2.45) is 0 Å². The van der Waals surface area contributed by atoms with Gasteiger partial charge in [0.25, 0.3) is 10.1 Å². The lowest BCUT2D eigenvalue weighted by molar-refractivity contribution is 0.480. The second-order valence-corrected chi connectivity index (χ2v) is 20.5. The minimum absolute atomic E-state index is 0.138. The molecular weight excluding hydrogens is 857 g/mol. The molecule has 7 nitrogen and oxygen atoms in total. The maximum atomic E-state index is 13.5. The number of benzene rings is 8. The molecule has 8 aromatic carbocycles. The second-order valence-electron chi connectivity index (χ2n) is 16.2. The number of aryl methyl sites for hydroxylation is 2. The molecule has 1 N–H and O–H groups in total. The van der Waals surface area contributed by atoms with Gasteiger partial charge in [0.15, 0.2) is 0 Å². The van der Waals surface area contributed by atoms with Gasteiger partial charge in [0.2, 0.25) is 0 Å². The van der Waals surface area contributed by atoms with Crippen molar-refractivity contribution >= 4 is 31.7 Å². The molecule has 0 bridgehead atoms. The highest BCUT2D eigenvalue weighted by Crippen LogP contribution is 2.36. The molecule has 0 aromatic heterocycles. The SMILES string of the molecule is Cc1ccc(-c2ccc(Cc3ccc(S(=O)c4ccc(Oc5ccc(C(C)(C)c6ccc(Oc7ccc(S(=O)c8ccc(C)cc8)cc7)cc6)cc5)cc4)cc3)cc2S(=O)(=O)O)cc1. The zero-order valence-corrected chi connectivity index (χ0v) is 38.2. The molecule has 2 atom stereocenters. The summed E-state index contributed by atoms with van der Waals surface area (Å²) in [4.78, 5) is 2.60. The first kappa shape index (κ1) is 44.2. The number of hydrogen-bond acceptors (Lipinski definition) is 6. The van der Waals surface area contributed by atoms with Gasteiger partial charge in [-0.1, -0.05) is 110 Å². The van der Waals surface area contributed by atoms with Gasteiger partial charge in [-0.25, -0.2) is 8.42 Å². The third-order valence-electron chi connectivity index (χ3n) is 11.2. The Kier molecular flexibility index (Phi) is 12.9. The molecule has 64 heavy (non-hydrogen) atoms. The predicted octanol–water partition coefficient (Wildman–Crippen LogP) is 13.1. The molecule has 0 radical (unpaired) electrons. The summed E-state index contributed by atoms with van der Waals surface area (Å²) in [7, 11) is -7.16. The molecule has 322 valence electrons. The average molecular weight is 903 g/mol. The standard InChI is InChI=1S/C54H46O7S3/c1-37-5-12-41(13-6-37)52-34-11-40(36-53(52)64(57,58)59)35-39-9-28-49(29-10-39)63(56)51-32-24-47(25-33-51)61-45-20-16-43(17-21-45)54(3,4)42-14-18-44(19-15-42)60-46-22-30-50(31-23-46)62(55)48-26-7-38(2)8-27-48/h5-34,36H,35H2,1-4H3,(H,57,58,59). The quantitative estimate of drug-likeness (QED) is 0.108. The van der Waals surface area contributed by atoms with Crippen molar-refractivity contribution in [2.45, 2.75) is 64.0 Å². The van der Waals surface area contributed by atoms with Gasteiger partial charge in [0, 0.05) is 30.6 Å². The molecule has 0 heterocycles. The first-order valence-corrected chi connectivity index (χ1v) is 24.4. The Morgan fingerprint density at radius 3 is 1.22 bits per heavy atom. The monoisotopic (exact) mass is 902 g/mol. The maximum absolute atomic E-state index is 13.5. The molecule has 0 aliphatic heterocycles. The van der Waals surface area contributed by atoms with E-state index in [1.807, 2.05) is 141 Å². The Balaban J connectivity index is 0.855. The highest BCUT2D eigenvalue weighted by Gasteiger charge is 2.24. The molecule has 8 rings (SSSR count). The summed E-state index contributed by atoms with van der Waals surface area (Å²) in [5, 5.41) is 0. The summed E-state index contributed by atoms with van der Waals surface area (Å²) in [5.74, 6) is 2.66. The van der Waals surface area contributed by atoms with Gasteiger partial charge in [-0.2, -0.15) is 8.42 Å². The van der Waals surface area contributed by atoms with Crippen LogP contribution in [-0.2, 0) is 43.6 Å². The van der Waals surface area contributed by atoms with Gasteiger partial charge in [-0.15, -0.1) is 0 Å². The van der Waals surface area contributed by atoms with Crippen LogP contribution in [0.1, 0.15) is 47.2 Å². The van der Waals surface area contributed by atoms with Gasteiger partial charge in [-0.3, -0.25) is 4.55 Å². The summed E-state index contributed by atoms with van der Waals surface area (Å²) in [6.07, 6.45) is 0.426. The molecular formula is C54H46O7S3. The van der Waals surface area contributed by atoms with E-state index in [0.29, 0.717) is 50.3 Å². The highest BCUT2D eigenvalue weighted by molar-refractivity contribution is 7.86. The van der Waals surface area contributed by atoms with E-state index in [-0.39, 0.29) is 10.3 Å². The van der Waals surface area contributed by atoms with Crippen molar-refractivity contribution in [3.05, 3.63) is 221 Å². The maximum Gasteiger partial charge on any atom is 0.295 e. The van der Waals surface area contributed by atoms with Crippen molar-refractivity contribution in [1.82, 2.24) is 0 Å². The van der Waals surface area contributed by atoms with Crippen LogP contribution in [0.15, 0.2) is 213 Å². The van der Waals surface area contributed by atoms with Crippen molar-refractivity contribution in [3.8, 4) is 34.1 Å². The summed E-state index contributed by atoms with van der Waals surface area (Å²) in [5.41, 5.74) is 6.87. The molecule has 10 heteroatoms. The average Bonchev–Trinajstić information content (AvgIpc) is 3.30. The molecule has 0 amide bonds. The van der Waals surface area contributed by atoms with Crippen LogP contribution in [0.25, 0.3) is 11.1 Å². The van der Waals surface area contributed by atoms with Gasteiger partial charge in [0.05, 0.1) is 21.6 Å². The summed E-state index contributed by atoms with van der Waals surface area (Å²) >= 11 is 0. The van der Waals surface area contributed by atoms with Crippen LogP contribution >= 0.6 is 0 Å². The van der Waals surface area contributed by atoms with Gasteiger partial charge >= 0.3 is 0 Å². The third kappa shape index (κ3) is 10.3. The van der Waals surface area contributed by atoms with Crippen molar-refractivity contribution in [1.29, 1.82) is 0 Å². The zero-order chi connectivity index (χ0) is 45.0. The molecule has 2 unspecified atom stereocenters. The zero-order valence-electron chi connectivity index (χ0n) is 35.7. The van der Waals surface area contributed by atoms with Gasteiger partial charge in [0.1, 0.15) is 27.9 Å². The van der Waals surface area contributed by atoms with E-state index in [4.69, 9.17) is 9.47 Å². The fraction of sp³-hybridized carbons (Fsp3) is 0.111. The van der Waals surface area contributed by atoms with E-state index >= 15 is 0 Å². The molecule has 0 saturated carbocycles. The normalized spacial score (nSPS) is 12.6. The molecule has 0 aliphatic carbocycles. The largest absolute Gasteiger partial charge is 0.457 e. The van der Waals surface area contributed by atoms with Crippen LogP contribution in [0.3, 0.4) is 0 Å². The van der Waals surface area contributed by atoms with Crippen molar-refractivity contribution < 1.29 is 30.9 Å². The molecule has 0 aliphatic rings. The van der Waals surface area contributed by atoms with Crippen LogP contribution in [0.2, 0.25) is 0 Å². The van der Waals surface area contributed by atoms with Crippen molar-refractivity contribution in [3.63, 3.8) is 0 Å². The van der Waals surface area contributed by atoms with Crippen LogP contribution in [0.4, 0.5) is 0 Å². The Morgan fingerprint density at radius 2 is 0.812 bits per heavy atom. The third-order valence-corrected chi connectivity index (χ3v) is 14.9. The first-order valence-electron chi connectivity index (χ1n) is 20.6.